The zero-order valence-electron chi connectivity index (χ0n) is 14.4. The number of aromatic nitrogens is 2. The minimum atomic E-state index is -0.0652. The van der Waals surface area contributed by atoms with Gasteiger partial charge in [0.2, 0.25) is 0 Å². The van der Waals surface area contributed by atoms with Crippen LogP contribution in [0.25, 0.3) is 11.5 Å². The van der Waals surface area contributed by atoms with E-state index in [9.17, 15) is 4.79 Å². The van der Waals surface area contributed by atoms with Gasteiger partial charge in [-0.25, -0.2) is 0 Å². The minimum absolute atomic E-state index is 0.0652. The van der Waals surface area contributed by atoms with Crippen molar-refractivity contribution in [2.75, 3.05) is 20.2 Å². The third-order valence-electron chi connectivity index (χ3n) is 4.58. The highest BCUT2D eigenvalue weighted by molar-refractivity contribution is 5.91. The van der Waals surface area contributed by atoms with Crippen molar-refractivity contribution in [2.45, 2.75) is 12.8 Å². The molecule has 1 aliphatic rings. The van der Waals surface area contributed by atoms with Crippen LogP contribution in [0, 0.1) is 5.92 Å². The molecule has 1 amide bonds. The third-order valence-corrected chi connectivity index (χ3v) is 4.58. The summed E-state index contributed by atoms with van der Waals surface area (Å²) < 4.78 is 15.7. The minimum Gasteiger partial charge on any atom is -0.497 e. The number of hydrogen-bond acceptors (Lipinski definition) is 6. The van der Waals surface area contributed by atoms with Gasteiger partial charge in [-0.1, -0.05) is 5.16 Å². The molecule has 3 heterocycles. The molecule has 1 aromatic carbocycles. The van der Waals surface area contributed by atoms with Crippen molar-refractivity contribution in [1.29, 1.82) is 0 Å². The fourth-order valence-electron chi connectivity index (χ4n) is 3.19. The van der Waals surface area contributed by atoms with Gasteiger partial charge in [-0.3, -0.25) is 4.79 Å². The van der Waals surface area contributed by atoms with E-state index in [1.54, 1.807) is 19.2 Å². The predicted octanol–water partition coefficient (Wildman–Crippen LogP) is 3.04. The maximum Gasteiger partial charge on any atom is 0.289 e. The number of furan rings is 1. The first-order valence-corrected chi connectivity index (χ1v) is 8.52. The van der Waals surface area contributed by atoms with E-state index >= 15 is 0 Å². The van der Waals surface area contributed by atoms with E-state index < -0.39 is 0 Å². The molecule has 1 aliphatic heterocycles. The van der Waals surface area contributed by atoms with E-state index in [4.69, 9.17) is 13.7 Å². The second-order valence-electron chi connectivity index (χ2n) is 6.33. The first-order chi connectivity index (χ1) is 12.7. The maximum absolute atomic E-state index is 12.3. The standard InChI is InChI=1S/C19H19N3O4/c1-24-15-6-4-14(5-7-15)18-20-17(21-26-18)11-13-8-9-22(12-13)19(23)16-3-2-10-25-16/h2-7,10,13H,8-9,11-12H2,1H3. The van der Waals surface area contributed by atoms with E-state index in [1.165, 1.54) is 6.26 Å². The average Bonchev–Trinajstić information content (AvgIpc) is 3.43. The zero-order valence-corrected chi connectivity index (χ0v) is 14.4. The molecular formula is C19H19N3O4. The summed E-state index contributed by atoms with van der Waals surface area (Å²) in [5.41, 5.74) is 0.852. The number of benzene rings is 1. The van der Waals surface area contributed by atoms with Crippen LogP contribution in [0.1, 0.15) is 22.8 Å². The van der Waals surface area contributed by atoms with Crippen LogP contribution in [-0.4, -0.2) is 41.1 Å². The summed E-state index contributed by atoms with van der Waals surface area (Å²) in [4.78, 5) is 18.6. The molecule has 1 unspecified atom stereocenters. The average molecular weight is 353 g/mol. The molecule has 1 saturated heterocycles. The number of amides is 1. The maximum atomic E-state index is 12.3. The van der Waals surface area contributed by atoms with Gasteiger partial charge in [0.25, 0.3) is 11.8 Å². The molecule has 3 aromatic rings. The van der Waals surface area contributed by atoms with Crippen molar-refractivity contribution >= 4 is 5.91 Å². The van der Waals surface area contributed by atoms with E-state index in [0.717, 1.165) is 17.7 Å². The Hall–Kier alpha value is -3.09. The molecule has 4 rings (SSSR count). The van der Waals surface area contributed by atoms with Crippen LogP contribution in [0.15, 0.2) is 51.6 Å². The smallest absolute Gasteiger partial charge is 0.289 e. The van der Waals surface area contributed by atoms with Crippen LogP contribution in [0.5, 0.6) is 5.75 Å². The van der Waals surface area contributed by atoms with Crippen molar-refractivity contribution < 1.29 is 18.5 Å². The topological polar surface area (TPSA) is 81.6 Å². The van der Waals surface area contributed by atoms with E-state index in [0.29, 0.717) is 42.9 Å². The second kappa shape index (κ2) is 7.03. The molecule has 7 nitrogen and oxygen atoms in total. The normalized spacial score (nSPS) is 16.8. The lowest BCUT2D eigenvalue weighted by Crippen LogP contribution is -2.28. The lowest BCUT2D eigenvalue weighted by atomic mass is 10.1. The molecule has 0 saturated carbocycles. The van der Waals surface area contributed by atoms with Crippen LogP contribution in [-0.2, 0) is 6.42 Å². The molecular weight excluding hydrogens is 334 g/mol. The first kappa shape index (κ1) is 16.4. The lowest BCUT2D eigenvalue weighted by molar-refractivity contribution is 0.0755. The Labute approximate surface area is 150 Å². The molecule has 134 valence electrons. The van der Waals surface area contributed by atoms with Crippen molar-refractivity contribution in [1.82, 2.24) is 15.0 Å². The van der Waals surface area contributed by atoms with Crippen LogP contribution >= 0.6 is 0 Å². The van der Waals surface area contributed by atoms with Crippen molar-refractivity contribution in [3.63, 3.8) is 0 Å². The Morgan fingerprint density at radius 2 is 2.15 bits per heavy atom. The van der Waals surface area contributed by atoms with Gasteiger partial charge in [0.15, 0.2) is 11.6 Å². The Kier molecular flexibility index (Phi) is 4.43. The predicted molar refractivity (Wildman–Crippen MR) is 92.7 cm³/mol. The lowest BCUT2D eigenvalue weighted by Gasteiger charge is -2.14. The van der Waals surface area contributed by atoms with E-state index in [1.807, 2.05) is 29.2 Å². The summed E-state index contributed by atoms with van der Waals surface area (Å²) in [6.45, 7) is 1.39. The quantitative estimate of drug-likeness (QED) is 0.701. The molecule has 0 N–H and O–H groups in total. The number of carbonyl (C=O) groups is 1. The molecule has 26 heavy (non-hydrogen) atoms. The Bertz CT molecular complexity index is 871. The van der Waals surface area contributed by atoms with Crippen molar-refractivity contribution in [3.8, 4) is 17.2 Å². The van der Waals surface area contributed by atoms with Gasteiger partial charge in [0.05, 0.1) is 13.4 Å². The van der Waals surface area contributed by atoms with Gasteiger partial charge in [-0.2, -0.15) is 4.98 Å². The number of likely N-dealkylation sites (tertiary alicyclic amines) is 1. The molecule has 0 aliphatic carbocycles. The zero-order chi connectivity index (χ0) is 17.9. The fourth-order valence-corrected chi connectivity index (χ4v) is 3.19. The number of ether oxygens (including phenoxy) is 1. The number of nitrogens with zero attached hydrogens (tertiary/aromatic N) is 3. The molecule has 0 radical (unpaired) electrons. The highest BCUT2D eigenvalue weighted by Gasteiger charge is 2.29. The number of carbonyl (C=O) groups excluding carboxylic acids is 1. The molecule has 7 heteroatoms. The van der Waals surface area contributed by atoms with E-state index in [2.05, 4.69) is 10.1 Å². The molecule has 1 fully saturated rings. The third kappa shape index (κ3) is 3.33. The van der Waals surface area contributed by atoms with Crippen LogP contribution in [0.2, 0.25) is 0 Å². The Morgan fingerprint density at radius 1 is 1.31 bits per heavy atom. The number of hydrogen-bond donors (Lipinski definition) is 0. The van der Waals surface area contributed by atoms with Gasteiger partial charge in [-0.05, 0) is 48.7 Å². The summed E-state index contributed by atoms with van der Waals surface area (Å²) in [5.74, 6) is 2.56. The van der Waals surface area contributed by atoms with Crippen LogP contribution in [0.3, 0.4) is 0 Å². The largest absolute Gasteiger partial charge is 0.497 e. The SMILES string of the molecule is COc1ccc(-c2nc(CC3CCN(C(=O)c4ccco4)C3)no2)cc1. The van der Waals surface area contributed by atoms with Crippen LogP contribution in [0.4, 0.5) is 0 Å². The van der Waals surface area contributed by atoms with Crippen LogP contribution < -0.4 is 4.74 Å². The molecule has 0 bridgehead atoms. The summed E-state index contributed by atoms with van der Waals surface area (Å²) in [6, 6.07) is 10.9. The van der Waals surface area contributed by atoms with Gasteiger partial charge in [0.1, 0.15) is 5.75 Å². The van der Waals surface area contributed by atoms with E-state index in [-0.39, 0.29) is 5.91 Å². The highest BCUT2D eigenvalue weighted by Crippen LogP contribution is 2.24. The Morgan fingerprint density at radius 3 is 2.88 bits per heavy atom. The van der Waals surface area contributed by atoms with Crippen molar-refractivity contribution in [3.05, 3.63) is 54.2 Å². The highest BCUT2D eigenvalue weighted by atomic mass is 16.5. The van der Waals surface area contributed by atoms with Gasteiger partial charge in [-0.15, -0.1) is 0 Å². The Balaban J connectivity index is 1.38. The molecule has 2 aromatic heterocycles. The summed E-state index contributed by atoms with van der Waals surface area (Å²) in [5, 5.41) is 4.08. The number of methoxy groups -OCH3 is 1. The number of rotatable bonds is 5. The van der Waals surface area contributed by atoms with Crippen molar-refractivity contribution in [2.24, 2.45) is 5.92 Å². The second-order valence-corrected chi connectivity index (χ2v) is 6.33. The van der Waals surface area contributed by atoms with Gasteiger partial charge >= 0.3 is 0 Å². The monoisotopic (exact) mass is 353 g/mol. The summed E-state index contributed by atoms with van der Waals surface area (Å²) >= 11 is 0. The summed E-state index contributed by atoms with van der Waals surface area (Å²) in [7, 11) is 1.63. The summed E-state index contributed by atoms with van der Waals surface area (Å²) in [6.07, 6.45) is 3.11. The van der Waals surface area contributed by atoms with Gasteiger partial charge in [0, 0.05) is 25.1 Å². The van der Waals surface area contributed by atoms with Gasteiger partial charge < -0.3 is 18.6 Å². The first-order valence-electron chi connectivity index (χ1n) is 8.52. The fraction of sp³-hybridized carbons (Fsp3) is 0.316. The molecule has 1 atom stereocenters. The molecule has 0 spiro atoms.